The Labute approximate surface area is 94.0 Å². The molecular weight excluding hydrogens is 210 g/mol. The summed E-state index contributed by atoms with van der Waals surface area (Å²) >= 11 is 0. The summed E-state index contributed by atoms with van der Waals surface area (Å²) < 4.78 is 5.23. The molecule has 16 heavy (non-hydrogen) atoms. The number of hydrazine groups is 1. The van der Waals surface area contributed by atoms with Gasteiger partial charge in [-0.1, -0.05) is 6.92 Å². The number of nitrogens with two attached hydrogens (primary N) is 1. The highest BCUT2D eigenvalue weighted by molar-refractivity contribution is 5.94. The van der Waals surface area contributed by atoms with E-state index in [2.05, 4.69) is 5.43 Å². The van der Waals surface area contributed by atoms with Gasteiger partial charge in [0.05, 0.1) is 25.0 Å². The quantitative estimate of drug-likeness (QED) is 0.352. The molecule has 0 aliphatic carbocycles. The number of amides is 1. The normalized spacial score (nSPS) is 10.8. The van der Waals surface area contributed by atoms with Crippen molar-refractivity contribution in [3.8, 4) is 0 Å². The first-order chi connectivity index (χ1) is 7.72. The number of likely N-dealkylation sites (N-methyl/N-ethyl adjacent to an activating group) is 1. The van der Waals surface area contributed by atoms with Gasteiger partial charge in [0, 0.05) is 6.54 Å². The minimum Gasteiger partial charge on any atom is -0.467 e. The van der Waals surface area contributed by atoms with Crippen LogP contribution < -0.4 is 11.3 Å². The number of rotatable bonds is 6. The lowest BCUT2D eigenvalue weighted by atomic mass is 10.2. The molecule has 0 unspecified atom stereocenters. The van der Waals surface area contributed by atoms with E-state index < -0.39 is 0 Å². The van der Waals surface area contributed by atoms with Crippen molar-refractivity contribution in [3.05, 3.63) is 23.7 Å². The molecule has 0 aromatic carbocycles. The number of nitrogen functional groups attached to an aromatic ring is 1. The molecule has 0 fully saturated rings. The number of hydrogen-bond acceptors (Lipinski definition) is 5. The number of nitrogens with one attached hydrogen (secondary N) is 1. The van der Waals surface area contributed by atoms with Crippen LogP contribution in [0.2, 0.25) is 0 Å². The fraction of sp³-hybridized carbons (Fsp3) is 0.500. The van der Waals surface area contributed by atoms with Gasteiger partial charge in [0.15, 0.2) is 0 Å². The molecule has 1 rings (SSSR count). The monoisotopic (exact) mass is 227 g/mol. The molecule has 4 N–H and O–H groups in total. The van der Waals surface area contributed by atoms with E-state index in [4.69, 9.17) is 15.4 Å². The van der Waals surface area contributed by atoms with Crippen molar-refractivity contribution >= 4 is 5.91 Å². The van der Waals surface area contributed by atoms with Crippen molar-refractivity contribution in [1.29, 1.82) is 0 Å². The average Bonchev–Trinajstić information content (AvgIpc) is 2.75. The molecular formula is C10H17N3O3. The highest BCUT2D eigenvalue weighted by Crippen LogP contribution is 2.12. The SMILES string of the molecule is CCN(CCO)Cc1occc1C(=O)NN. The van der Waals surface area contributed by atoms with Gasteiger partial charge in [0.25, 0.3) is 5.91 Å². The molecule has 0 atom stereocenters. The van der Waals surface area contributed by atoms with E-state index in [1.165, 1.54) is 6.26 Å². The molecule has 0 spiro atoms. The van der Waals surface area contributed by atoms with Gasteiger partial charge in [-0.3, -0.25) is 15.1 Å². The second kappa shape index (κ2) is 6.26. The van der Waals surface area contributed by atoms with Gasteiger partial charge >= 0.3 is 0 Å². The van der Waals surface area contributed by atoms with E-state index in [9.17, 15) is 4.79 Å². The maximum Gasteiger partial charge on any atom is 0.268 e. The highest BCUT2D eigenvalue weighted by atomic mass is 16.3. The molecule has 90 valence electrons. The van der Waals surface area contributed by atoms with E-state index in [0.717, 1.165) is 6.54 Å². The molecule has 1 amide bonds. The number of carbonyl (C=O) groups is 1. The van der Waals surface area contributed by atoms with E-state index in [1.807, 2.05) is 11.8 Å². The predicted octanol–water partition coefficient (Wildman–Crippen LogP) is -0.303. The number of hydrogen-bond donors (Lipinski definition) is 3. The lowest BCUT2D eigenvalue weighted by Crippen LogP contribution is -2.32. The van der Waals surface area contributed by atoms with Gasteiger partial charge in [0.1, 0.15) is 5.76 Å². The van der Waals surface area contributed by atoms with E-state index >= 15 is 0 Å². The van der Waals surface area contributed by atoms with Gasteiger partial charge in [0.2, 0.25) is 0 Å². The molecule has 0 radical (unpaired) electrons. The Morgan fingerprint density at radius 2 is 2.44 bits per heavy atom. The summed E-state index contributed by atoms with van der Waals surface area (Å²) in [7, 11) is 0. The minimum atomic E-state index is -0.371. The largest absolute Gasteiger partial charge is 0.467 e. The van der Waals surface area contributed by atoms with Crippen molar-refractivity contribution in [2.45, 2.75) is 13.5 Å². The summed E-state index contributed by atoms with van der Waals surface area (Å²) in [5.74, 6) is 5.24. The van der Waals surface area contributed by atoms with Crippen molar-refractivity contribution in [2.24, 2.45) is 5.84 Å². The Bertz CT molecular complexity index is 338. The van der Waals surface area contributed by atoms with Gasteiger partial charge in [-0.25, -0.2) is 5.84 Å². The molecule has 6 nitrogen and oxygen atoms in total. The summed E-state index contributed by atoms with van der Waals surface area (Å²) in [6, 6.07) is 1.57. The number of aliphatic hydroxyl groups excluding tert-OH is 1. The summed E-state index contributed by atoms with van der Waals surface area (Å²) in [5.41, 5.74) is 2.49. The van der Waals surface area contributed by atoms with E-state index in [1.54, 1.807) is 6.07 Å². The Kier molecular flexibility index (Phi) is 4.97. The fourth-order valence-corrected chi connectivity index (χ4v) is 1.44. The maximum absolute atomic E-state index is 11.4. The first-order valence-corrected chi connectivity index (χ1v) is 5.13. The van der Waals surface area contributed by atoms with Crippen LogP contribution in [0, 0.1) is 0 Å². The van der Waals surface area contributed by atoms with Crippen molar-refractivity contribution in [2.75, 3.05) is 19.7 Å². The molecule has 0 aliphatic rings. The van der Waals surface area contributed by atoms with Crippen molar-refractivity contribution in [1.82, 2.24) is 10.3 Å². The third-order valence-electron chi connectivity index (χ3n) is 2.35. The fourth-order valence-electron chi connectivity index (χ4n) is 1.44. The Balaban J connectivity index is 2.72. The molecule has 6 heteroatoms. The van der Waals surface area contributed by atoms with Crippen LogP contribution in [0.4, 0.5) is 0 Å². The number of aliphatic hydroxyl groups is 1. The smallest absolute Gasteiger partial charge is 0.268 e. The minimum absolute atomic E-state index is 0.0764. The van der Waals surface area contributed by atoms with Gasteiger partial charge in [-0.15, -0.1) is 0 Å². The summed E-state index contributed by atoms with van der Waals surface area (Å²) in [6.45, 7) is 3.84. The van der Waals surface area contributed by atoms with Crippen molar-refractivity contribution < 1.29 is 14.3 Å². The summed E-state index contributed by atoms with van der Waals surface area (Å²) in [6.07, 6.45) is 1.45. The molecule has 0 aliphatic heterocycles. The Hall–Kier alpha value is -1.37. The number of carbonyl (C=O) groups excluding carboxylic acids is 1. The Morgan fingerprint density at radius 3 is 3.00 bits per heavy atom. The third kappa shape index (κ3) is 3.06. The zero-order chi connectivity index (χ0) is 12.0. The summed E-state index contributed by atoms with van der Waals surface area (Å²) in [4.78, 5) is 13.3. The first kappa shape index (κ1) is 12.7. The van der Waals surface area contributed by atoms with Crippen LogP contribution in [0.15, 0.2) is 16.7 Å². The lowest BCUT2D eigenvalue weighted by Gasteiger charge is -2.17. The first-order valence-electron chi connectivity index (χ1n) is 5.13. The lowest BCUT2D eigenvalue weighted by molar-refractivity contribution is 0.0949. The molecule has 0 saturated heterocycles. The average molecular weight is 227 g/mol. The van der Waals surface area contributed by atoms with E-state index in [-0.39, 0.29) is 12.5 Å². The predicted molar refractivity (Wildman–Crippen MR) is 58.4 cm³/mol. The van der Waals surface area contributed by atoms with Crippen LogP contribution in [-0.4, -0.2) is 35.6 Å². The third-order valence-corrected chi connectivity index (χ3v) is 2.35. The van der Waals surface area contributed by atoms with Crippen LogP contribution in [0.25, 0.3) is 0 Å². The second-order valence-corrected chi connectivity index (χ2v) is 3.32. The molecule has 1 aromatic rings. The van der Waals surface area contributed by atoms with Gasteiger partial charge in [-0.2, -0.15) is 0 Å². The standard InChI is InChI=1S/C10H17N3O3/c1-2-13(4-5-14)7-9-8(3-6-16-9)10(15)12-11/h3,6,14H,2,4-5,7,11H2,1H3,(H,12,15). The van der Waals surface area contributed by atoms with Gasteiger partial charge in [-0.05, 0) is 12.6 Å². The van der Waals surface area contributed by atoms with Crippen LogP contribution in [-0.2, 0) is 6.54 Å². The van der Waals surface area contributed by atoms with Crippen LogP contribution in [0.3, 0.4) is 0 Å². The zero-order valence-corrected chi connectivity index (χ0v) is 9.27. The molecule has 1 heterocycles. The maximum atomic E-state index is 11.4. The molecule has 0 saturated carbocycles. The van der Waals surface area contributed by atoms with Crippen LogP contribution in [0.5, 0.6) is 0 Å². The Morgan fingerprint density at radius 1 is 1.69 bits per heavy atom. The van der Waals surface area contributed by atoms with Crippen molar-refractivity contribution in [3.63, 3.8) is 0 Å². The number of nitrogens with zero attached hydrogens (tertiary/aromatic N) is 1. The number of furan rings is 1. The second-order valence-electron chi connectivity index (χ2n) is 3.32. The van der Waals surface area contributed by atoms with Crippen LogP contribution in [0.1, 0.15) is 23.0 Å². The topological polar surface area (TPSA) is 91.7 Å². The molecule has 0 bridgehead atoms. The molecule has 1 aromatic heterocycles. The summed E-state index contributed by atoms with van der Waals surface area (Å²) in [5, 5.41) is 8.85. The van der Waals surface area contributed by atoms with Crippen LogP contribution >= 0.6 is 0 Å². The highest BCUT2D eigenvalue weighted by Gasteiger charge is 2.15. The zero-order valence-electron chi connectivity index (χ0n) is 9.27. The van der Waals surface area contributed by atoms with Gasteiger partial charge < -0.3 is 9.52 Å². The van der Waals surface area contributed by atoms with E-state index in [0.29, 0.717) is 24.4 Å².